The highest BCUT2D eigenvalue weighted by Gasteiger charge is 2.21. The highest BCUT2D eigenvalue weighted by molar-refractivity contribution is 5.75. The minimum atomic E-state index is -0.851. The van der Waals surface area contributed by atoms with Crippen molar-refractivity contribution in [3.8, 4) is 0 Å². The fourth-order valence-corrected chi connectivity index (χ4v) is 2.41. The van der Waals surface area contributed by atoms with Gasteiger partial charge in [0.05, 0.1) is 5.92 Å². The first kappa shape index (κ1) is 14.8. The number of nitrogens with one attached hydrogen (secondary N) is 1. The number of amides is 2. The Morgan fingerprint density at radius 3 is 2.50 bits per heavy atom. The summed E-state index contributed by atoms with van der Waals surface area (Å²) in [6.07, 6.45) is 5.45. The maximum atomic E-state index is 11.8. The van der Waals surface area contributed by atoms with E-state index >= 15 is 0 Å². The molecule has 18 heavy (non-hydrogen) atoms. The van der Waals surface area contributed by atoms with Crippen molar-refractivity contribution in [1.82, 2.24) is 10.2 Å². The lowest BCUT2D eigenvalue weighted by atomic mass is 10.1. The van der Waals surface area contributed by atoms with Crippen LogP contribution in [-0.2, 0) is 4.79 Å². The lowest BCUT2D eigenvalue weighted by molar-refractivity contribution is -0.141. The average Bonchev–Trinajstić information content (AvgIpc) is 2.81. The first-order valence-corrected chi connectivity index (χ1v) is 6.76. The third kappa shape index (κ3) is 4.55. The number of carbonyl (C=O) groups excluding carboxylic acids is 1. The molecule has 0 spiro atoms. The first-order valence-electron chi connectivity index (χ1n) is 6.76. The topological polar surface area (TPSA) is 69.6 Å². The summed E-state index contributed by atoms with van der Waals surface area (Å²) in [6.45, 7) is 2.79. The van der Waals surface area contributed by atoms with Gasteiger partial charge in [-0.25, -0.2) is 4.79 Å². The van der Waals surface area contributed by atoms with E-state index in [-0.39, 0.29) is 12.6 Å². The van der Waals surface area contributed by atoms with Crippen molar-refractivity contribution in [3.05, 3.63) is 0 Å². The zero-order valence-electron chi connectivity index (χ0n) is 11.3. The zero-order chi connectivity index (χ0) is 13.5. The van der Waals surface area contributed by atoms with Crippen LogP contribution in [0.3, 0.4) is 0 Å². The average molecular weight is 256 g/mol. The van der Waals surface area contributed by atoms with E-state index < -0.39 is 11.9 Å². The van der Waals surface area contributed by atoms with Gasteiger partial charge in [-0.2, -0.15) is 0 Å². The molecule has 1 atom stereocenters. The molecule has 1 saturated carbocycles. The summed E-state index contributed by atoms with van der Waals surface area (Å²) in [6, 6.07) is -0.165. The second-order valence-corrected chi connectivity index (χ2v) is 5.16. The van der Waals surface area contributed by atoms with Gasteiger partial charge in [0.25, 0.3) is 0 Å². The molecule has 2 N–H and O–H groups in total. The summed E-state index contributed by atoms with van der Waals surface area (Å²) in [5.74, 6) is -0.729. The van der Waals surface area contributed by atoms with Gasteiger partial charge in [0, 0.05) is 20.1 Å². The lowest BCUT2D eigenvalue weighted by Gasteiger charge is -2.22. The molecule has 0 aromatic heterocycles. The van der Waals surface area contributed by atoms with Gasteiger partial charge in [0.15, 0.2) is 0 Å². The van der Waals surface area contributed by atoms with Gasteiger partial charge in [0.1, 0.15) is 0 Å². The van der Waals surface area contributed by atoms with Crippen LogP contribution in [0.15, 0.2) is 0 Å². The minimum Gasteiger partial charge on any atom is -0.481 e. The minimum absolute atomic E-state index is 0.165. The Morgan fingerprint density at radius 1 is 1.39 bits per heavy atom. The van der Waals surface area contributed by atoms with E-state index in [2.05, 4.69) is 5.32 Å². The normalized spacial score (nSPS) is 17.4. The van der Waals surface area contributed by atoms with Crippen LogP contribution >= 0.6 is 0 Å². The number of carboxylic acids is 1. The van der Waals surface area contributed by atoms with Gasteiger partial charge in [-0.05, 0) is 25.2 Å². The van der Waals surface area contributed by atoms with Crippen LogP contribution in [0.4, 0.5) is 4.79 Å². The maximum Gasteiger partial charge on any atom is 0.317 e. The smallest absolute Gasteiger partial charge is 0.317 e. The standard InChI is InChI=1S/C13H24N2O3/c1-3-11(12(16)17)8-14-13(18)15(2)9-10-6-4-5-7-10/h10-11H,3-9H2,1-2H3,(H,14,18)(H,16,17). The van der Waals surface area contributed by atoms with Crippen molar-refractivity contribution in [3.63, 3.8) is 0 Å². The number of hydrogen-bond donors (Lipinski definition) is 2. The van der Waals surface area contributed by atoms with Crippen molar-refractivity contribution in [2.45, 2.75) is 39.0 Å². The molecule has 1 aliphatic rings. The van der Waals surface area contributed by atoms with Crippen molar-refractivity contribution in [2.75, 3.05) is 20.1 Å². The summed E-state index contributed by atoms with van der Waals surface area (Å²) in [5.41, 5.74) is 0. The highest BCUT2D eigenvalue weighted by atomic mass is 16.4. The quantitative estimate of drug-likeness (QED) is 0.763. The van der Waals surface area contributed by atoms with E-state index in [1.165, 1.54) is 25.7 Å². The van der Waals surface area contributed by atoms with E-state index in [1.54, 1.807) is 11.9 Å². The van der Waals surface area contributed by atoms with Gasteiger partial charge >= 0.3 is 12.0 Å². The molecular formula is C13H24N2O3. The predicted molar refractivity (Wildman–Crippen MR) is 69.4 cm³/mol. The number of aliphatic carboxylic acids is 1. The van der Waals surface area contributed by atoms with Crippen LogP contribution in [0.5, 0.6) is 0 Å². The number of carboxylic acid groups (broad SMARTS) is 1. The summed E-state index contributed by atoms with van der Waals surface area (Å²) >= 11 is 0. The van der Waals surface area contributed by atoms with Crippen molar-refractivity contribution >= 4 is 12.0 Å². The van der Waals surface area contributed by atoms with Gasteiger partial charge in [-0.3, -0.25) is 4.79 Å². The number of hydrogen-bond acceptors (Lipinski definition) is 2. The lowest BCUT2D eigenvalue weighted by Crippen LogP contribution is -2.42. The molecule has 1 rings (SSSR count). The third-order valence-corrected chi connectivity index (χ3v) is 3.70. The Bertz CT molecular complexity index is 288. The second-order valence-electron chi connectivity index (χ2n) is 5.16. The Balaban J connectivity index is 2.28. The SMILES string of the molecule is CCC(CNC(=O)N(C)CC1CCCC1)C(=O)O. The summed E-state index contributed by atoms with van der Waals surface area (Å²) in [5, 5.41) is 11.6. The Kier molecular flexibility index (Phi) is 5.95. The van der Waals surface area contributed by atoms with Crippen LogP contribution < -0.4 is 5.32 Å². The van der Waals surface area contributed by atoms with Gasteiger partial charge in [-0.1, -0.05) is 19.8 Å². The van der Waals surface area contributed by atoms with Crippen molar-refractivity contribution in [1.29, 1.82) is 0 Å². The summed E-state index contributed by atoms with van der Waals surface area (Å²) < 4.78 is 0. The van der Waals surface area contributed by atoms with Crippen LogP contribution in [0, 0.1) is 11.8 Å². The molecule has 104 valence electrons. The van der Waals surface area contributed by atoms with Gasteiger partial charge in [-0.15, -0.1) is 0 Å². The van der Waals surface area contributed by atoms with Crippen LogP contribution in [0.25, 0.3) is 0 Å². The van der Waals surface area contributed by atoms with Gasteiger partial charge in [0.2, 0.25) is 0 Å². The molecule has 5 nitrogen and oxygen atoms in total. The van der Waals surface area contributed by atoms with Crippen molar-refractivity contribution in [2.24, 2.45) is 11.8 Å². The fourth-order valence-electron chi connectivity index (χ4n) is 2.41. The molecule has 0 aromatic carbocycles. The molecule has 1 unspecified atom stereocenters. The zero-order valence-corrected chi connectivity index (χ0v) is 11.3. The Labute approximate surface area is 109 Å². The van der Waals surface area contributed by atoms with Gasteiger partial charge < -0.3 is 15.3 Å². The molecule has 0 aliphatic heterocycles. The van der Waals surface area contributed by atoms with E-state index in [1.807, 2.05) is 6.92 Å². The highest BCUT2D eigenvalue weighted by Crippen LogP contribution is 2.25. The maximum absolute atomic E-state index is 11.8. The molecule has 5 heteroatoms. The monoisotopic (exact) mass is 256 g/mol. The number of carbonyl (C=O) groups is 2. The number of rotatable bonds is 6. The number of urea groups is 1. The molecule has 1 fully saturated rings. The van der Waals surface area contributed by atoms with Crippen LogP contribution in [0.2, 0.25) is 0 Å². The van der Waals surface area contributed by atoms with Crippen molar-refractivity contribution < 1.29 is 14.7 Å². The molecule has 0 aromatic rings. The first-order chi connectivity index (χ1) is 8.54. The number of nitrogens with zero attached hydrogens (tertiary/aromatic N) is 1. The van der Waals surface area contributed by atoms with E-state index in [0.29, 0.717) is 12.3 Å². The second kappa shape index (κ2) is 7.24. The molecule has 2 amide bonds. The molecule has 0 heterocycles. The summed E-state index contributed by atoms with van der Waals surface area (Å²) in [7, 11) is 1.77. The Morgan fingerprint density at radius 2 is 2.00 bits per heavy atom. The summed E-state index contributed by atoms with van der Waals surface area (Å²) in [4.78, 5) is 24.3. The molecule has 0 radical (unpaired) electrons. The molecule has 0 saturated heterocycles. The molecule has 1 aliphatic carbocycles. The van der Waals surface area contributed by atoms with Crippen LogP contribution in [0.1, 0.15) is 39.0 Å². The fraction of sp³-hybridized carbons (Fsp3) is 0.846. The third-order valence-electron chi connectivity index (χ3n) is 3.70. The predicted octanol–water partition coefficient (Wildman–Crippen LogP) is 1.93. The largest absolute Gasteiger partial charge is 0.481 e. The molecule has 0 bridgehead atoms. The Hall–Kier alpha value is -1.26. The van der Waals surface area contributed by atoms with E-state index in [9.17, 15) is 9.59 Å². The van der Waals surface area contributed by atoms with E-state index in [0.717, 1.165) is 6.54 Å². The van der Waals surface area contributed by atoms with Crippen LogP contribution in [-0.4, -0.2) is 42.1 Å². The molecular weight excluding hydrogens is 232 g/mol. The van der Waals surface area contributed by atoms with E-state index in [4.69, 9.17) is 5.11 Å².